The Kier molecular flexibility index (Phi) is 6.24. The van der Waals surface area contributed by atoms with Crippen LogP contribution in [0, 0.1) is 0 Å². The maximum atomic E-state index is 12.7. The number of benzene rings is 2. The van der Waals surface area contributed by atoms with Gasteiger partial charge in [0, 0.05) is 21.7 Å². The van der Waals surface area contributed by atoms with Gasteiger partial charge in [0.2, 0.25) is 5.88 Å². The minimum absolute atomic E-state index is 0.0474. The van der Waals surface area contributed by atoms with Gasteiger partial charge in [-0.05, 0) is 36.4 Å². The first-order chi connectivity index (χ1) is 13.7. The summed E-state index contributed by atoms with van der Waals surface area (Å²) in [5, 5.41) is 0.837. The van der Waals surface area contributed by atoms with E-state index < -0.39 is 17.8 Å². The predicted molar refractivity (Wildman–Crippen MR) is 99.1 cm³/mol. The highest BCUT2D eigenvalue weighted by Crippen LogP contribution is 2.30. The number of alkyl halides is 3. The molecule has 1 heterocycles. The van der Waals surface area contributed by atoms with Crippen molar-refractivity contribution >= 4 is 29.2 Å². The van der Waals surface area contributed by atoms with Gasteiger partial charge >= 0.3 is 12.1 Å². The molecule has 0 radical (unpaired) electrons. The molecule has 0 aliphatic heterocycles. The Morgan fingerprint density at radius 1 is 1.00 bits per heavy atom. The van der Waals surface area contributed by atoms with E-state index in [0.29, 0.717) is 21.7 Å². The smallest absolute Gasteiger partial charge is 0.433 e. The van der Waals surface area contributed by atoms with Crippen LogP contribution in [-0.4, -0.2) is 15.9 Å². The third-order valence-electron chi connectivity index (χ3n) is 3.62. The molecule has 3 aromatic rings. The van der Waals surface area contributed by atoms with E-state index in [1.165, 1.54) is 30.3 Å². The van der Waals surface area contributed by atoms with Crippen LogP contribution in [0.3, 0.4) is 0 Å². The lowest BCUT2D eigenvalue weighted by atomic mass is 10.2. The number of nitrogens with zero attached hydrogens (tertiary/aromatic N) is 2. The normalized spacial score (nSPS) is 11.2. The monoisotopic (exact) mass is 442 g/mol. The molecule has 0 fully saturated rings. The number of aromatic nitrogens is 2. The standard InChI is InChI=1S/C19H11Cl2F3N2O3/c20-13-4-1-12(15(21)7-13)9-28-18(27)11-2-5-14(6-3-11)29-17-8-16(19(22,23)24)25-10-26-17/h1-8,10H,9H2. The van der Waals surface area contributed by atoms with Gasteiger partial charge in [-0.1, -0.05) is 29.3 Å². The Morgan fingerprint density at radius 2 is 1.72 bits per heavy atom. The number of ether oxygens (including phenoxy) is 2. The first kappa shape index (κ1) is 20.9. The van der Waals surface area contributed by atoms with E-state index in [2.05, 4.69) is 9.97 Å². The van der Waals surface area contributed by atoms with Crippen LogP contribution in [0.5, 0.6) is 11.6 Å². The fourth-order valence-electron chi connectivity index (χ4n) is 2.20. The van der Waals surface area contributed by atoms with E-state index in [0.717, 1.165) is 6.33 Å². The quantitative estimate of drug-likeness (QED) is 0.456. The fourth-order valence-corrected chi connectivity index (χ4v) is 2.66. The lowest BCUT2D eigenvalue weighted by Gasteiger charge is -2.09. The molecule has 150 valence electrons. The molecule has 29 heavy (non-hydrogen) atoms. The molecule has 0 saturated carbocycles. The second kappa shape index (κ2) is 8.67. The third kappa shape index (κ3) is 5.58. The zero-order chi connectivity index (χ0) is 21.0. The number of carbonyl (C=O) groups is 1. The molecule has 1 aromatic heterocycles. The second-order valence-corrected chi connectivity index (χ2v) is 6.52. The lowest BCUT2D eigenvalue weighted by molar-refractivity contribution is -0.141. The molecule has 0 N–H and O–H groups in total. The second-order valence-electron chi connectivity index (χ2n) is 5.68. The number of carbonyl (C=O) groups excluding carboxylic acids is 1. The van der Waals surface area contributed by atoms with Gasteiger partial charge < -0.3 is 9.47 Å². The van der Waals surface area contributed by atoms with Crippen LogP contribution in [0.15, 0.2) is 54.9 Å². The number of halogens is 5. The van der Waals surface area contributed by atoms with Gasteiger partial charge in [0.25, 0.3) is 0 Å². The molecule has 3 rings (SSSR count). The number of hydrogen-bond donors (Lipinski definition) is 0. The van der Waals surface area contributed by atoms with E-state index in [-0.39, 0.29) is 23.8 Å². The summed E-state index contributed by atoms with van der Waals surface area (Å²) in [5.74, 6) is -0.696. The zero-order valence-corrected chi connectivity index (χ0v) is 15.9. The maximum absolute atomic E-state index is 12.7. The Morgan fingerprint density at radius 3 is 2.38 bits per heavy atom. The van der Waals surface area contributed by atoms with Gasteiger partial charge in [-0.3, -0.25) is 0 Å². The molecule has 2 aromatic carbocycles. The molecule has 5 nitrogen and oxygen atoms in total. The summed E-state index contributed by atoms with van der Waals surface area (Å²) in [6, 6.07) is 11.1. The molecule has 0 amide bonds. The number of esters is 1. The van der Waals surface area contributed by atoms with E-state index in [9.17, 15) is 18.0 Å². The summed E-state index contributed by atoms with van der Waals surface area (Å²) >= 11 is 11.8. The van der Waals surface area contributed by atoms with Gasteiger partial charge in [-0.2, -0.15) is 13.2 Å². The van der Waals surface area contributed by atoms with Crippen molar-refractivity contribution in [2.45, 2.75) is 12.8 Å². The van der Waals surface area contributed by atoms with E-state index in [4.69, 9.17) is 32.7 Å². The van der Waals surface area contributed by atoms with Crippen LogP contribution in [0.4, 0.5) is 13.2 Å². The molecular weight excluding hydrogens is 432 g/mol. The van der Waals surface area contributed by atoms with E-state index in [1.807, 2.05) is 0 Å². The molecule has 0 aliphatic rings. The summed E-state index contributed by atoms with van der Waals surface area (Å²) in [6.45, 7) is -0.0474. The molecular formula is C19H11Cl2F3N2O3. The summed E-state index contributed by atoms with van der Waals surface area (Å²) in [4.78, 5) is 18.9. The van der Waals surface area contributed by atoms with Crippen molar-refractivity contribution in [3.05, 3.63) is 81.7 Å². The first-order valence-corrected chi connectivity index (χ1v) is 8.76. The summed E-state index contributed by atoms with van der Waals surface area (Å²) in [6.07, 6.45) is -3.85. The lowest BCUT2D eigenvalue weighted by Crippen LogP contribution is -2.08. The molecule has 0 bridgehead atoms. The largest absolute Gasteiger partial charge is 0.457 e. The topological polar surface area (TPSA) is 61.3 Å². The van der Waals surface area contributed by atoms with Crippen LogP contribution in [-0.2, 0) is 17.5 Å². The SMILES string of the molecule is O=C(OCc1ccc(Cl)cc1Cl)c1ccc(Oc2cc(C(F)(F)F)ncn2)cc1. The van der Waals surface area contributed by atoms with Crippen LogP contribution >= 0.6 is 23.2 Å². The van der Waals surface area contributed by atoms with Crippen LogP contribution in [0.25, 0.3) is 0 Å². The summed E-state index contributed by atoms with van der Waals surface area (Å²) < 4.78 is 48.5. The van der Waals surface area contributed by atoms with Gasteiger partial charge in [-0.15, -0.1) is 0 Å². The minimum atomic E-state index is -4.61. The molecule has 0 spiro atoms. The fraction of sp³-hybridized carbons (Fsp3) is 0.105. The highest BCUT2D eigenvalue weighted by Gasteiger charge is 2.33. The average Bonchev–Trinajstić information content (AvgIpc) is 2.67. The first-order valence-electron chi connectivity index (χ1n) is 8.00. The molecule has 0 atom stereocenters. The van der Waals surface area contributed by atoms with Gasteiger partial charge in [0.15, 0.2) is 5.69 Å². The van der Waals surface area contributed by atoms with Crippen molar-refractivity contribution in [1.29, 1.82) is 0 Å². The molecule has 0 aliphatic carbocycles. The Bertz CT molecular complexity index is 1030. The average molecular weight is 443 g/mol. The summed E-state index contributed by atoms with van der Waals surface area (Å²) in [5.41, 5.74) is -0.307. The van der Waals surface area contributed by atoms with Crippen LogP contribution in [0.1, 0.15) is 21.6 Å². The van der Waals surface area contributed by atoms with Crippen LogP contribution in [0.2, 0.25) is 10.0 Å². The Balaban J connectivity index is 1.63. The van der Waals surface area contributed by atoms with Crippen molar-refractivity contribution in [2.75, 3.05) is 0 Å². The van der Waals surface area contributed by atoms with E-state index >= 15 is 0 Å². The Hall–Kier alpha value is -2.84. The van der Waals surface area contributed by atoms with Crippen molar-refractivity contribution in [2.24, 2.45) is 0 Å². The summed E-state index contributed by atoms with van der Waals surface area (Å²) in [7, 11) is 0. The van der Waals surface area contributed by atoms with E-state index in [1.54, 1.807) is 12.1 Å². The highest BCUT2D eigenvalue weighted by atomic mass is 35.5. The predicted octanol–water partition coefficient (Wildman–Crippen LogP) is 5.95. The van der Waals surface area contributed by atoms with Crippen molar-refractivity contribution in [3.63, 3.8) is 0 Å². The Labute approximate surface area is 173 Å². The zero-order valence-electron chi connectivity index (χ0n) is 14.4. The molecule has 0 unspecified atom stereocenters. The van der Waals surface area contributed by atoms with Gasteiger partial charge in [-0.25, -0.2) is 14.8 Å². The number of rotatable bonds is 5. The highest BCUT2D eigenvalue weighted by molar-refractivity contribution is 6.35. The maximum Gasteiger partial charge on any atom is 0.433 e. The minimum Gasteiger partial charge on any atom is -0.457 e. The van der Waals surface area contributed by atoms with Gasteiger partial charge in [0.05, 0.1) is 5.56 Å². The van der Waals surface area contributed by atoms with Crippen molar-refractivity contribution in [1.82, 2.24) is 9.97 Å². The number of hydrogen-bond acceptors (Lipinski definition) is 5. The third-order valence-corrected chi connectivity index (χ3v) is 4.21. The van der Waals surface area contributed by atoms with Gasteiger partial charge in [0.1, 0.15) is 18.7 Å². The molecule has 10 heteroatoms. The molecule has 0 saturated heterocycles. The van der Waals surface area contributed by atoms with Crippen molar-refractivity contribution < 1.29 is 27.4 Å². The van der Waals surface area contributed by atoms with Crippen molar-refractivity contribution in [3.8, 4) is 11.6 Å². The van der Waals surface area contributed by atoms with Crippen LogP contribution < -0.4 is 4.74 Å².